The number of nitrogens with one attached hydrogen (secondary N) is 1. The zero-order valence-electron chi connectivity index (χ0n) is 17.7. The fourth-order valence-electron chi connectivity index (χ4n) is 4.61. The maximum atomic E-state index is 12.5. The summed E-state index contributed by atoms with van der Waals surface area (Å²) in [7, 11) is 3.29. The number of rotatable bonds is 5. The van der Waals surface area contributed by atoms with E-state index in [1.807, 2.05) is 24.3 Å². The molecule has 0 aromatic heterocycles. The van der Waals surface area contributed by atoms with E-state index in [4.69, 9.17) is 9.47 Å². The Morgan fingerprint density at radius 2 is 1.93 bits per heavy atom. The third-order valence-electron chi connectivity index (χ3n) is 6.39. The molecule has 2 heterocycles. The van der Waals surface area contributed by atoms with E-state index in [1.165, 1.54) is 11.1 Å². The van der Waals surface area contributed by atoms with Crippen LogP contribution in [0, 0.1) is 0 Å². The highest BCUT2D eigenvalue weighted by molar-refractivity contribution is 5.91. The molecule has 2 aliphatic heterocycles. The molecule has 29 heavy (non-hydrogen) atoms. The lowest BCUT2D eigenvalue weighted by Gasteiger charge is -2.40. The van der Waals surface area contributed by atoms with Crippen LogP contribution in [-0.4, -0.2) is 32.3 Å². The molecule has 5 nitrogen and oxygen atoms in total. The molecule has 0 aliphatic carbocycles. The van der Waals surface area contributed by atoms with Gasteiger partial charge in [0.15, 0.2) is 0 Å². The van der Waals surface area contributed by atoms with E-state index in [0.29, 0.717) is 6.54 Å². The van der Waals surface area contributed by atoms with Crippen LogP contribution in [0.2, 0.25) is 0 Å². The summed E-state index contributed by atoms with van der Waals surface area (Å²) in [5, 5.41) is 3.27. The van der Waals surface area contributed by atoms with Crippen LogP contribution in [0.3, 0.4) is 0 Å². The zero-order valence-corrected chi connectivity index (χ0v) is 17.7. The van der Waals surface area contributed by atoms with Crippen molar-refractivity contribution in [3.8, 4) is 11.5 Å². The van der Waals surface area contributed by atoms with Crippen molar-refractivity contribution in [1.29, 1.82) is 0 Å². The molecule has 4 rings (SSSR count). The van der Waals surface area contributed by atoms with Crippen LogP contribution in [0.25, 0.3) is 6.08 Å². The Balaban J connectivity index is 1.81. The van der Waals surface area contributed by atoms with Gasteiger partial charge < -0.3 is 19.7 Å². The molecule has 0 saturated carbocycles. The van der Waals surface area contributed by atoms with E-state index in [1.54, 1.807) is 14.2 Å². The van der Waals surface area contributed by atoms with Crippen molar-refractivity contribution in [2.75, 3.05) is 25.7 Å². The molecule has 0 bridgehead atoms. The van der Waals surface area contributed by atoms with Crippen molar-refractivity contribution in [3.05, 3.63) is 59.2 Å². The second-order valence-electron chi connectivity index (χ2n) is 8.17. The summed E-state index contributed by atoms with van der Waals surface area (Å²) in [4.78, 5) is 14.7. The van der Waals surface area contributed by atoms with Gasteiger partial charge in [0.05, 0.1) is 20.8 Å². The molecule has 1 N–H and O–H groups in total. The monoisotopic (exact) mass is 392 g/mol. The van der Waals surface area contributed by atoms with E-state index in [9.17, 15) is 4.79 Å². The number of nitrogens with zero attached hydrogens (tertiary/aromatic N) is 1. The van der Waals surface area contributed by atoms with Gasteiger partial charge in [-0.25, -0.2) is 0 Å². The lowest BCUT2D eigenvalue weighted by Crippen LogP contribution is -2.58. The van der Waals surface area contributed by atoms with E-state index >= 15 is 0 Å². The van der Waals surface area contributed by atoms with Gasteiger partial charge in [-0.2, -0.15) is 0 Å². The molecule has 2 aromatic carbocycles. The first-order valence-electron chi connectivity index (χ1n) is 9.99. The Bertz CT molecular complexity index is 996. The van der Waals surface area contributed by atoms with E-state index < -0.39 is 5.66 Å². The van der Waals surface area contributed by atoms with Gasteiger partial charge >= 0.3 is 0 Å². The van der Waals surface area contributed by atoms with E-state index in [0.717, 1.165) is 29.2 Å². The number of hydrogen-bond acceptors (Lipinski definition) is 4. The normalized spacial score (nSPS) is 21.8. The predicted molar refractivity (Wildman–Crippen MR) is 116 cm³/mol. The molecular weight excluding hydrogens is 364 g/mol. The summed E-state index contributed by atoms with van der Waals surface area (Å²) in [5.74, 6) is 1.51. The molecule has 2 aliphatic rings. The number of ether oxygens (including phenoxy) is 2. The second-order valence-corrected chi connectivity index (χ2v) is 8.17. The van der Waals surface area contributed by atoms with Crippen LogP contribution in [0.1, 0.15) is 37.5 Å². The number of amides is 1. The third kappa shape index (κ3) is 2.79. The maximum Gasteiger partial charge on any atom is 0.241 e. The van der Waals surface area contributed by atoms with E-state index in [-0.39, 0.29) is 11.3 Å². The fraction of sp³-hybridized carbons (Fsp3) is 0.375. The number of carbonyl (C=O) groups is 1. The van der Waals surface area contributed by atoms with Crippen LogP contribution in [0.5, 0.6) is 11.5 Å². The number of fused-ring (bicyclic) bond motifs is 3. The lowest BCUT2D eigenvalue weighted by molar-refractivity contribution is -0.118. The van der Waals surface area contributed by atoms with Crippen molar-refractivity contribution in [1.82, 2.24) is 5.32 Å². The minimum absolute atomic E-state index is 0.0367. The Kier molecular flexibility index (Phi) is 4.56. The highest BCUT2D eigenvalue weighted by Gasteiger charge is 2.59. The molecule has 2 aromatic rings. The molecule has 1 amide bonds. The maximum absolute atomic E-state index is 12.5. The Morgan fingerprint density at radius 1 is 1.14 bits per heavy atom. The number of methoxy groups -OCH3 is 2. The van der Waals surface area contributed by atoms with Crippen LogP contribution in [0.15, 0.2) is 42.5 Å². The molecule has 1 saturated heterocycles. The number of anilines is 1. The zero-order chi connectivity index (χ0) is 20.8. The average Bonchev–Trinajstić information content (AvgIpc) is 3.16. The smallest absolute Gasteiger partial charge is 0.241 e. The predicted octanol–water partition coefficient (Wildman–Crippen LogP) is 3.90. The summed E-state index contributed by atoms with van der Waals surface area (Å²) < 4.78 is 10.8. The van der Waals surface area contributed by atoms with Gasteiger partial charge in [0.2, 0.25) is 5.91 Å². The first kappa shape index (κ1) is 19.4. The molecule has 1 fully saturated rings. The second kappa shape index (κ2) is 6.83. The van der Waals surface area contributed by atoms with Gasteiger partial charge in [-0.1, -0.05) is 39.0 Å². The summed E-state index contributed by atoms with van der Waals surface area (Å²) in [6.45, 7) is 6.92. The van der Waals surface area contributed by atoms with Crippen molar-refractivity contribution < 1.29 is 14.3 Å². The topological polar surface area (TPSA) is 50.8 Å². The first-order chi connectivity index (χ1) is 13.9. The first-order valence-corrected chi connectivity index (χ1v) is 9.99. The van der Waals surface area contributed by atoms with Crippen molar-refractivity contribution in [2.24, 2.45) is 0 Å². The number of aryl methyl sites for hydroxylation is 1. The van der Waals surface area contributed by atoms with Crippen molar-refractivity contribution in [3.63, 3.8) is 0 Å². The van der Waals surface area contributed by atoms with Gasteiger partial charge in [0.1, 0.15) is 17.2 Å². The molecule has 1 atom stereocenters. The highest BCUT2D eigenvalue weighted by Crippen LogP contribution is 2.53. The van der Waals surface area contributed by atoms with Gasteiger partial charge in [-0.3, -0.25) is 4.79 Å². The van der Waals surface area contributed by atoms with Crippen LogP contribution < -0.4 is 19.7 Å². The SMILES string of the molecule is CCc1ccc2c(c1)C(C)(C)C1(/C=C/c3ccc(OC)cc3OC)NC(=O)CN21. The van der Waals surface area contributed by atoms with Gasteiger partial charge in [-0.05, 0) is 41.8 Å². The minimum atomic E-state index is -0.621. The number of benzene rings is 2. The summed E-state index contributed by atoms with van der Waals surface area (Å²) >= 11 is 0. The highest BCUT2D eigenvalue weighted by atomic mass is 16.5. The van der Waals surface area contributed by atoms with Gasteiger partial charge in [0.25, 0.3) is 0 Å². The molecule has 152 valence electrons. The fourth-order valence-corrected chi connectivity index (χ4v) is 4.61. The van der Waals surface area contributed by atoms with Crippen molar-refractivity contribution in [2.45, 2.75) is 38.3 Å². The van der Waals surface area contributed by atoms with Crippen LogP contribution in [-0.2, 0) is 16.6 Å². The Labute approximate surface area is 172 Å². The van der Waals surface area contributed by atoms with Crippen LogP contribution >= 0.6 is 0 Å². The van der Waals surface area contributed by atoms with Gasteiger partial charge in [-0.15, -0.1) is 0 Å². The largest absolute Gasteiger partial charge is 0.497 e. The van der Waals surface area contributed by atoms with Gasteiger partial charge in [0, 0.05) is 22.7 Å². The quantitative estimate of drug-likeness (QED) is 0.838. The summed E-state index contributed by atoms with van der Waals surface area (Å²) in [6, 6.07) is 12.3. The lowest BCUT2D eigenvalue weighted by atomic mass is 9.75. The standard InChI is InChI=1S/C24H28N2O3/c1-6-16-7-10-20-19(13-16)23(2,3)24(25-22(27)15-26(20)24)12-11-17-8-9-18(28-4)14-21(17)29-5/h7-14H,6,15H2,1-5H3,(H,25,27)/b12-11+. The summed E-state index contributed by atoms with van der Waals surface area (Å²) in [6.07, 6.45) is 5.13. The number of carbonyl (C=O) groups excluding carboxylic acids is 1. The molecule has 0 radical (unpaired) electrons. The summed E-state index contributed by atoms with van der Waals surface area (Å²) in [5.41, 5.74) is 3.71. The third-order valence-corrected chi connectivity index (χ3v) is 6.39. The Hall–Kier alpha value is -2.95. The van der Waals surface area contributed by atoms with E-state index in [2.05, 4.69) is 55.3 Å². The molecule has 1 unspecified atom stereocenters. The van der Waals surface area contributed by atoms with Crippen LogP contribution in [0.4, 0.5) is 5.69 Å². The van der Waals surface area contributed by atoms with Crippen molar-refractivity contribution >= 4 is 17.7 Å². The Morgan fingerprint density at radius 3 is 2.62 bits per heavy atom. The average molecular weight is 392 g/mol. The molecule has 5 heteroatoms. The minimum Gasteiger partial charge on any atom is -0.497 e. The number of hydrogen-bond donors (Lipinski definition) is 1. The molecule has 0 spiro atoms. The molecular formula is C24H28N2O3.